The first-order valence-electron chi connectivity index (χ1n) is 11.3. The maximum Gasteiger partial charge on any atom is 0.408 e. The molecule has 1 aliphatic heterocycles. The number of likely N-dealkylation sites (tertiary alicyclic amines) is 1. The van der Waals surface area contributed by atoms with Crippen LogP contribution in [0.1, 0.15) is 60.8 Å². The topological polar surface area (TPSA) is 114 Å². The molecule has 1 saturated heterocycles. The predicted molar refractivity (Wildman–Crippen MR) is 119 cm³/mol. The standard InChI is InChI=1S/C23H37N3O6/c1-8-15-13-23(15,20(29)31-9-2)25-18(27)16-11-10-12-26(16)19(28)17(14(3)4)24-21(30)32-22(5,6)7/h8,14-17H,1,9-13H2,2-7H3,(H,24,30)(H,25,27)/t15-,16+,17?,23-/m1/s1. The van der Waals surface area contributed by atoms with E-state index in [-0.39, 0.29) is 24.3 Å². The third kappa shape index (κ3) is 5.81. The zero-order chi connectivity index (χ0) is 24.3. The second-order valence-electron chi connectivity index (χ2n) is 9.78. The van der Waals surface area contributed by atoms with E-state index in [0.29, 0.717) is 25.8 Å². The van der Waals surface area contributed by atoms with E-state index in [2.05, 4.69) is 17.2 Å². The molecule has 0 radical (unpaired) electrons. The Morgan fingerprint density at radius 2 is 1.91 bits per heavy atom. The molecule has 1 unspecified atom stereocenters. The molecule has 1 heterocycles. The van der Waals surface area contributed by atoms with Crippen LogP contribution in [0, 0.1) is 11.8 Å². The lowest BCUT2D eigenvalue weighted by Crippen LogP contribution is -2.57. The number of amides is 3. The quantitative estimate of drug-likeness (QED) is 0.432. The summed E-state index contributed by atoms with van der Waals surface area (Å²) in [7, 11) is 0. The van der Waals surface area contributed by atoms with Crippen LogP contribution in [0.2, 0.25) is 0 Å². The van der Waals surface area contributed by atoms with E-state index in [9.17, 15) is 19.2 Å². The van der Waals surface area contributed by atoms with Crippen molar-refractivity contribution in [1.29, 1.82) is 0 Å². The Balaban J connectivity index is 2.12. The number of rotatable bonds is 8. The van der Waals surface area contributed by atoms with Crippen LogP contribution in [0.4, 0.5) is 4.79 Å². The lowest BCUT2D eigenvalue weighted by atomic mass is 10.0. The Hall–Kier alpha value is -2.58. The molecule has 0 aromatic heterocycles. The lowest BCUT2D eigenvalue weighted by Gasteiger charge is -2.31. The van der Waals surface area contributed by atoms with Crippen molar-refractivity contribution in [2.24, 2.45) is 11.8 Å². The van der Waals surface area contributed by atoms with E-state index in [1.807, 2.05) is 13.8 Å². The number of hydrogen-bond donors (Lipinski definition) is 2. The molecule has 2 rings (SSSR count). The molecule has 4 atom stereocenters. The number of ether oxygens (including phenoxy) is 2. The van der Waals surface area contributed by atoms with Gasteiger partial charge in [0, 0.05) is 12.5 Å². The maximum absolute atomic E-state index is 13.3. The van der Waals surface area contributed by atoms with Gasteiger partial charge in [-0.25, -0.2) is 9.59 Å². The number of carbonyl (C=O) groups excluding carboxylic acids is 4. The summed E-state index contributed by atoms with van der Waals surface area (Å²) in [4.78, 5) is 52.7. The zero-order valence-electron chi connectivity index (χ0n) is 20.0. The van der Waals surface area contributed by atoms with Crippen LogP contribution >= 0.6 is 0 Å². The minimum absolute atomic E-state index is 0.201. The fourth-order valence-corrected chi connectivity index (χ4v) is 3.99. The van der Waals surface area contributed by atoms with Gasteiger partial charge in [-0.2, -0.15) is 0 Å². The van der Waals surface area contributed by atoms with E-state index >= 15 is 0 Å². The Morgan fingerprint density at radius 1 is 1.25 bits per heavy atom. The molecule has 9 heteroatoms. The molecule has 32 heavy (non-hydrogen) atoms. The average molecular weight is 452 g/mol. The third-order valence-electron chi connectivity index (χ3n) is 5.73. The van der Waals surface area contributed by atoms with E-state index in [4.69, 9.17) is 9.47 Å². The fourth-order valence-electron chi connectivity index (χ4n) is 3.99. The largest absolute Gasteiger partial charge is 0.464 e. The predicted octanol–water partition coefficient (Wildman–Crippen LogP) is 2.15. The summed E-state index contributed by atoms with van der Waals surface area (Å²) in [5.74, 6) is -1.63. The number of esters is 1. The monoisotopic (exact) mass is 451 g/mol. The second-order valence-corrected chi connectivity index (χ2v) is 9.78. The van der Waals surface area contributed by atoms with E-state index < -0.39 is 41.2 Å². The van der Waals surface area contributed by atoms with Gasteiger partial charge in [0.15, 0.2) is 0 Å². The minimum atomic E-state index is -1.11. The first-order valence-corrected chi connectivity index (χ1v) is 11.3. The molecule has 2 aliphatic rings. The van der Waals surface area contributed by atoms with Crippen molar-refractivity contribution in [2.75, 3.05) is 13.2 Å². The summed E-state index contributed by atoms with van der Waals surface area (Å²) in [6.45, 7) is 14.9. The first-order chi connectivity index (χ1) is 14.9. The van der Waals surface area contributed by atoms with Crippen molar-refractivity contribution in [2.45, 2.75) is 84.0 Å². The first kappa shape index (κ1) is 25.7. The normalized spacial score (nSPS) is 25.7. The highest BCUT2D eigenvalue weighted by Gasteiger charge is 2.61. The minimum Gasteiger partial charge on any atom is -0.464 e. The van der Waals surface area contributed by atoms with Gasteiger partial charge in [-0.3, -0.25) is 9.59 Å². The number of nitrogens with zero attached hydrogens (tertiary/aromatic N) is 1. The molecule has 1 aliphatic carbocycles. The molecule has 0 aromatic rings. The molecule has 0 bridgehead atoms. The molecule has 3 amide bonds. The van der Waals surface area contributed by atoms with Gasteiger partial charge in [0.2, 0.25) is 11.8 Å². The molecular weight excluding hydrogens is 414 g/mol. The van der Waals surface area contributed by atoms with E-state index in [0.717, 1.165) is 0 Å². The second kappa shape index (κ2) is 9.92. The highest BCUT2D eigenvalue weighted by atomic mass is 16.6. The highest BCUT2D eigenvalue weighted by molar-refractivity contribution is 5.96. The summed E-state index contributed by atoms with van der Waals surface area (Å²) in [5, 5.41) is 5.48. The number of hydrogen-bond acceptors (Lipinski definition) is 6. The smallest absolute Gasteiger partial charge is 0.408 e. The Kier molecular flexibility index (Phi) is 7.96. The van der Waals surface area contributed by atoms with Gasteiger partial charge in [-0.1, -0.05) is 19.9 Å². The summed E-state index contributed by atoms with van der Waals surface area (Å²) < 4.78 is 10.4. The van der Waals surface area contributed by atoms with Crippen LogP contribution in [0.5, 0.6) is 0 Å². The molecule has 0 spiro atoms. The van der Waals surface area contributed by atoms with Crippen molar-refractivity contribution in [3.05, 3.63) is 12.7 Å². The molecule has 2 fully saturated rings. The van der Waals surface area contributed by atoms with Crippen LogP contribution in [0.3, 0.4) is 0 Å². The lowest BCUT2D eigenvalue weighted by molar-refractivity contribution is -0.150. The average Bonchev–Trinajstić information content (AvgIpc) is 3.17. The van der Waals surface area contributed by atoms with Crippen molar-refractivity contribution in [1.82, 2.24) is 15.5 Å². The Labute approximate surface area is 190 Å². The van der Waals surface area contributed by atoms with E-state index in [1.165, 1.54) is 4.90 Å². The van der Waals surface area contributed by atoms with Crippen molar-refractivity contribution >= 4 is 23.9 Å². The van der Waals surface area contributed by atoms with Crippen molar-refractivity contribution in [3.8, 4) is 0 Å². The number of alkyl carbamates (subject to hydrolysis) is 1. The summed E-state index contributed by atoms with van der Waals surface area (Å²) in [6, 6.07) is -1.55. The molecule has 1 saturated carbocycles. The summed E-state index contributed by atoms with van der Waals surface area (Å²) in [6.07, 6.45) is 2.51. The van der Waals surface area contributed by atoms with Crippen molar-refractivity contribution < 1.29 is 28.7 Å². The molecule has 2 N–H and O–H groups in total. The van der Waals surface area contributed by atoms with Gasteiger partial charge in [0.25, 0.3) is 0 Å². The number of carbonyl (C=O) groups is 4. The third-order valence-corrected chi connectivity index (χ3v) is 5.73. The van der Waals surface area contributed by atoms with Crippen molar-refractivity contribution in [3.63, 3.8) is 0 Å². The van der Waals surface area contributed by atoms with Crippen LogP contribution in [-0.4, -0.2) is 65.2 Å². The van der Waals surface area contributed by atoms with Crippen LogP contribution in [-0.2, 0) is 23.9 Å². The summed E-state index contributed by atoms with van der Waals surface area (Å²) >= 11 is 0. The van der Waals surface area contributed by atoms with Gasteiger partial charge >= 0.3 is 12.1 Å². The maximum atomic E-state index is 13.3. The Bertz CT molecular complexity index is 759. The molecule has 9 nitrogen and oxygen atoms in total. The Morgan fingerprint density at radius 3 is 2.41 bits per heavy atom. The van der Waals surface area contributed by atoms with Crippen LogP contribution in [0.15, 0.2) is 12.7 Å². The summed E-state index contributed by atoms with van der Waals surface area (Å²) in [5.41, 5.74) is -1.81. The van der Waals surface area contributed by atoms with Gasteiger partial charge in [0.1, 0.15) is 23.2 Å². The number of nitrogens with one attached hydrogen (secondary N) is 2. The zero-order valence-corrected chi connectivity index (χ0v) is 20.0. The van der Waals surface area contributed by atoms with Crippen LogP contribution in [0.25, 0.3) is 0 Å². The van der Waals surface area contributed by atoms with E-state index in [1.54, 1.807) is 33.8 Å². The SMILES string of the molecule is C=C[C@@H]1C[C@]1(NC(=O)[C@@H]1CCCN1C(=O)C(NC(=O)OC(C)(C)C)C(C)C)C(=O)OCC. The highest BCUT2D eigenvalue weighted by Crippen LogP contribution is 2.45. The van der Waals surface area contributed by atoms with Gasteiger partial charge in [0.05, 0.1) is 6.61 Å². The van der Waals surface area contributed by atoms with Gasteiger partial charge < -0.3 is 25.0 Å². The van der Waals surface area contributed by atoms with Crippen LogP contribution < -0.4 is 10.6 Å². The molecule has 0 aromatic carbocycles. The van der Waals surface area contributed by atoms with Gasteiger partial charge in [-0.05, 0) is 52.9 Å². The fraction of sp³-hybridized carbons (Fsp3) is 0.739. The molecule has 180 valence electrons. The van der Waals surface area contributed by atoms with Gasteiger partial charge in [-0.15, -0.1) is 6.58 Å². The molecular formula is C23H37N3O6.